The van der Waals surface area contributed by atoms with Gasteiger partial charge in [-0.1, -0.05) is 48.2 Å². The molecule has 0 aromatic heterocycles. The van der Waals surface area contributed by atoms with Gasteiger partial charge in [0.1, 0.15) is 5.75 Å². The molecule has 0 fully saturated rings. The average Bonchev–Trinajstić information content (AvgIpc) is 2.68. The minimum atomic E-state index is -0.0228. The minimum Gasteiger partial charge on any atom is -0.497 e. The molecular formula is C22H18O2S. The molecule has 3 rings (SSSR count). The summed E-state index contributed by atoms with van der Waals surface area (Å²) in [5.74, 6) is 0.720. The molecule has 3 aromatic rings. The second-order valence-electron chi connectivity index (χ2n) is 5.41. The van der Waals surface area contributed by atoms with Crippen LogP contribution in [0.5, 0.6) is 5.75 Å². The summed E-state index contributed by atoms with van der Waals surface area (Å²) >= 11 is 1.72. The van der Waals surface area contributed by atoms with Crippen molar-refractivity contribution >= 4 is 23.6 Å². The number of carbonyl (C=O) groups excluding carboxylic acids is 1. The number of methoxy groups -OCH3 is 1. The molecule has 124 valence electrons. The normalized spacial score (nSPS) is 10.8. The molecule has 0 N–H and O–H groups in total. The molecule has 0 atom stereocenters. The molecule has 0 saturated carbocycles. The van der Waals surface area contributed by atoms with Crippen molar-refractivity contribution in [1.82, 2.24) is 0 Å². The number of allylic oxidation sites excluding steroid dienone is 1. The Labute approximate surface area is 152 Å². The molecular weight excluding hydrogens is 328 g/mol. The monoisotopic (exact) mass is 346 g/mol. The molecule has 0 amide bonds. The number of ketones is 1. The van der Waals surface area contributed by atoms with E-state index in [4.69, 9.17) is 4.74 Å². The third-order valence-electron chi connectivity index (χ3n) is 3.66. The number of ether oxygens (including phenoxy) is 1. The molecule has 0 heterocycles. The van der Waals surface area contributed by atoms with Gasteiger partial charge in [-0.3, -0.25) is 4.79 Å². The van der Waals surface area contributed by atoms with Crippen LogP contribution in [-0.2, 0) is 0 Å². The van der Waals surface area contributed by atoms with Crippen LogP contribution in [0.1, 0.15) is 15.9 Å². The van der Waals surface area contributed by atoms with Gasteiger partial charge in [-0.05, 0) is 60.2 Å². The third-order valence-corrected chi connectivity index (χ3v) is 4.68. The second-order valence-corrected chi connectivity index (χ2v) is 6.56. The van der Waals surface area contributed by atoms with Crippen LogP contribution < -0.4 is 4.74 Å². The van der Waals surface area contributed by atoms with Gasteiger partial charge in [0, 0.05) is 15.4 Å². The summed E-state index contributed by atoms with van der Waals surface area (Å²) < 4.78 is 5.10. The second kappa shape index (κ2) is 8.36. The predicted octanol–water partition coefficient (Wildman–Crippen LogP) is 5.74. The molecule has 0 aliphatic carbocycles. The molecule has 3 aromatic carbocycles. The fourth-order valence-electron chi connectivity index (χ4n) is 2.30. The van der Waals surface area contributed by atoms with Crippen molar-refractivity contribution in [2.75, 3.05) is 7.11 Å². The van der Waals surface area contributed by atoms with E-state index in [1.807, 2.05) is 36.4 Å². The summed E-state index contributed by atoms with van der Waals surface area (Å²) in [6, 6.07) is 25.5. The van der Waals surface area contributed by atoms with E-state index < -0.39 is 0 Å². The first-order chi connectivity index (χ1) is 12.2. The van der Waals surface area contributed by atoms with Crippen molar-refractivity contribution in [3.8, 4) is 5.75 Å². The van der Waals surface area contributed by atoms with Crippen molar-refractivity contribution in [2.45, 2.75) is 9.79 Å². The smallest absolute Gasteiger partial charge is 0.185 e. The molecule has 0 saturated heterocycles. The molecule has 0 bridgehead atoms. The lowest BCUT2D eigenvalue weighted by Crippen LogP contribution is -1.94. The van der Waals surface area contributed by atoms with Gasteiger partial charge in [-0.25, -0.2) is 0 Å². The highest BCUT2D eigenvalue weighted by molar-refractivity contribution is 7.99. The molecule has 25 heavy (non-hydrogen) atoms. The van der Waals surface area contributed by atoms with E-state index in [0.29, 0.717) is 5.56 Å². The topological polar surface area (TPSA) is 26.3 Å². The zero-order valence-electron chi connectivity index (χ0n) is 13.9. The fraction of sp³-hybridized carbons (Fsp3) is 0.0455. The standard InChI is InChI=1S/C22H18O2S/c1-24-19-12-10-18(11-13-19)22(23)16-9-17-7-14-21(15-8-17)25-20-5-3-2-4-6-20/h2-16H,1H3/b16-9+. The van der Waals surface area contributed by atoms with Crippen molar-refractivity contribution in [1.29, 1.82) is 0 Å². The Balaban J connectivity index is 1.64. The van der Waals surface area contributed by atoms with E-state index in [1.54, 1.807) is 49.2 Å². The van der Waals surface area contributed by atoms with Crippen LogP contribution in [0.2, 0.25) is 0 Å². The molecule has 2 nitrogen and oxygen atoms in total. The number of hydrogen-bond acceptors (Lipinski definition) is 3. The van der Waals surface area contributed by atoms with Crippen LogP contribution in [0.15, 0.2) is 94.7 Å². The van der Waals surface area contributed by atoms with Gasteiger partial charge in [0.15, 0.2) is 5.78 Å². The summed E-state index contributed by atoms with van der Waals surface area (Å²) in [7, 11) is 1.61. The number of carbonyl (C=O) groups is 1. The fourth-order valence-corrected chi connectivity index (χ4v) is 3.13. The van der Waals surface area contributed by atoms with E-state index in [2.05, 4.69) is 24.3 Å². The van der Waals surface area contributed by atoms with Crippen molar-refractivity contribution in [2.24, 2.45) is 0 Å². The maximum Gasteiger partial charge on any atom is 0.185 e. The molecule has 0 unspecified atom stereocenters. The van der Waals surface area contributed by atoms with Crippen molar-refractivity contribution in [3.63, 3.8) is 0 Å². The van der Waals surface area contributed by atoms with Crippen LogP contribution in [-0.4, -0.2) is 12.9 Å². The lowest BCUT2D eigenvalue weighted by atomic mass is 10.1. The first-order valence-corrected chi connectivity index (χ1v) is 8.76. The Hall–Kier alpha value is -2.78. The number of benzene rings is 3. The third kappa shape index (κ3) is 4.85. The van der Waals surface area contributed by atoms with Gasteiger partial charge in [0.25, 0.3) is 0 Å². The minimum absolute atomic E-state index is 0.0228. The van der Waals surface area contributed by atoms with Crippen molar-refractivity contribution < 1.29 is 9.53 Å². The van der Waals surface area contributed by atoms with Crippen LogP contribution in [0, 0.1) is 0 Å². The van der Waals surface area contributed by atoms with Gasteiger partial charge >= 0.3 is 0 Å². The van der Waals surface area contributed by atoms with Crippen LogP contribution in [0.3, 0.4) is 0 Å². The highest BCUT2D eigenvalue weighted by Gasteiger charge is 2.02. The Morgan fingerprint density at radius 1 is 0.840 bits per heavy atom. The zero-order chi connectivity index (χ0) is 17.5. The Kier molecular flexibility index (Phi) is 5.70. The van der Waals surface area contributed by atoms with E-state index in [1.165, 1.54) is 9.79 Å². The van der Waals surface area contributed by atoms with Crippen LogP contribution in [0.4, 0.5) is 0 Å². The molecule has 0 aliphatic heterocycles. The summed E-state index contributed by atoms with van der Waals surface area (Å²) in [5.41, 5.74) is 1.65. The van der Waals surface area contributed by atoms with E-state index in [-0.39, 0.29) is 5.78 Å². The van der Waals surface area contributed by atoms with Gasteiger partial charge in [-0.2, -0.15) is 0 Å². The summed E-state index contributed by atoms with van der Waals surface area (Å²) in [5, 5.41) is 0. The highest BCUT2D eigenvalue weighted by atomic mass is 32.2. The molecule has 3 heteroatoms. The quantitative estimate of drug-likeness (QED) is 0.420. The Morgan fingerprint density at radius 2 is 1.48 bits per heavy atom. The molecule has 0 spiro atoms. The Morgan fingerprint density at radius 3 is 2.12 bits per heavy atom. The Bertz CT molecular complexity index is 851. The van der Waals surface area contributed by atoms with Gasteiger partial charge in [-0.15, -0.1) is 0 Å². The SMILES string of the molecule is COc1ccc(C(=O)/C=C/c2ccc(Sc3ccccc3)cc2)cc1. The van der Waals surface area contributed by atoms with Crippen molar-refractivity contribution in [3.05, 3.63) is 96.1 Å². The predicted molar refractivity (Wildman–Crippen MR) is 103 cm³/mol. The molecule has 0 aliphatic rings. The summed E-state index contributed by atoms with van der Waals surface area (Å²) in [4.78, 5) is 14.6. The summed E-state index contributed by atoms with van der Waals surface area (Å²) in [6.07, 6.45) is 3.44. The number of hydrogen-bond donors (Lipinski definition) is 0. The number of rotatable bonds is 6. The van der Waals surface area contributed by atoms with E-state index >= 15 is 0 Å². The first-order valence-electron chi connectivity index (χ1n) is 7.94. The molecule has 0 radical (unpaired) electrons. The van der Waals surface area contributed by atoms with E-state index in [9.17, 15) is 4.79 Å². The van der Waals surface area contributed by atoms with Gasteiger partial charge < -0.3 is 4.74 Å². The van der Waals surface area contributed by atoms with Crippen LogP contribution in [0.25, 0.3) is 6.08 Å². The highest BCUT2D eigenvalue weighted by Crippen LogP contribution is 2.27. The lowest BCUT2D eigenvalue weighted by Gasteiger charge is -2.02. The average molecular weight is 346 g/mol. The zero-order valence-corrected chi connectivity index (χ0v) is 14.7. The van der Waals surface area contributed by atoms with Gasteiger partial charge in [0.05, 0.1) is 7.11 Å². The maximum atomic E-state index is 12.2. The first kappa shape index (κ1) is 17.1. The largest absolute Gasteiger partial charge is 0.497 e. The lowest BCUT2D eigenvalue weighted by molar-refractivity contribution is 0.104. The summed E-state index contributed by atoms with van der Waals surface area (Å²) in [6.45, 7) is 0. The van der Waals surface area contributed by atoms with E-state index in [0.717, 1.165) is 11.3 Å². The maximum absolute atomic E-state index is 12.2. The van der Waals surface area contributed by atoms with Crippen LogP contribution >= 0.6 is 11.8 Å². The van der Waals surface area contributed by atoms with Gasteiger partial charge in [0.2, 0.25) is 0 Å².